The first-order valence-electron chi connectivity index (χ1n) is 7.26. The van der Waals surface area contributed by atoms with Crippen molar-refractivity contribution in [3.63, 3.8) is 0 Å². The van der Waals surface area contributed by atoms with Crippen LogP contribution in [0.1, 0.15) is 21.5 Å². The molecule has 0 fully saturated rings. The van der Waals surface area contributed by atoms with Crippen LogP contribution in [-0.4, -0.2) is 15.6 Å². The quantitative estimate of drug-likeness (QED) is 0.614. The van der Waals surface area contributed by atoms with E-state index in [4.69, 9.17) is 34.8 Å². The van der Waals surface area contributed by atoms with E-state index in [2.05, 4.69) is 5.10 Å². The van der Waals surface area contributed by atoms with Crippen molar-refractivity contribution < 1.29 is 4.79 Å². The van der Waals surface area contributed by atoms with E-state index in [0.717, 1.165) is 0 Å². The molecule has 0 aliphatic carbocycles. The molecule has 4 nitrogen and oxygen atoms in total. The zero-order chi connectivity index (χ0) is 18.0. The number of hydrogen-bond donors (Lipinski definition) is 0. The maximum absolute atomic E-state index is 12.8. The lowest BCUT2D eigenvalue weighted by Crippen LogP contribution is -2.22. The number of halogens is 3. The van der Waals surface area contributed by atoms with E-state index in [0.29, 0.717) is 16.1 Å². The zero-order valence-corrected chi connectivity index (χ0v) is 15.0. The molecule has 3 rings (SSSR count). The van der Waals surface area contributed by atoms with Gasteiger partial charge in [-0.15, -0.1) is 0 Å². The topological polar surface area (TPSA) is 52.0 Å². The number of carbonyl (C=O) groups excluding carboxylic acids is 1. The molecule has 0 radical (unpaired) electrons. The van der Waals surface area contributed by atoms with Crippen LogP contribution in [0.15, 0.2) is 59.5 Å². The second-order valence-electron chi connectivity index (χ2n) is 5.25. The van der Waals surface area contributed by atoms with Crippen molar-refractivity contribution in [2.24, 2.45) is 0 Å². The highest BCUT2D eigenvalue weighted by Crippen LogP contribution is 2.31. The Kier molecular flexibility index (Phi) is 5.23. The third-order valence-corrected chi connectivity index (χ3v) is 4.61. The van der Waals surface area contributed by atoms with Gasteiger partial charge in [-0.25, -0.2) is 4.68 Å². The number of hydrogen-bond acceptors (Lipinski definition) is 3. The maximum Gasteiger partial charge on any atom is 0.267 e. The third-order valence-electron chi connectivity index (χ3n) is 3.61. The van der Waals surface area contributed by atoms with Gasteiger partial charge in [0.25, 0.3) is 5.56 Å². The predicted molar refractivity (Wildman–Crippen MR) is 98.9 cm³/mol. The molecular formula is C18H11Cl3N2O2. The molecule has 25 heavy (non-hydrogen) atoms. The standard InChI is InChI=1S/C18H11Cl3N2O2/c19-13-6-3-11(4-7-13)18(25)16-14(20)8-5-12(17(16)21)10-23-15(24)2-1-9-22-23/h1-9H,10H2. The first-order valence-corrected chi connectivity index (χ1v) is 8.40. The second kappa shape index (κ2) is 7.40. The molecule has 2 aromatic carbocycles. The lowest BCUT2D eigenvalue weighted by Gasteiger charge is -2.12. The Morgan fingerprint density at radius 2 is 1.72 bits per heavy atom. The van der Waals surface area contributed by atoms with Crippen molar-refractivity contribution in [3.8, 4) is 0 Å². The Morgan fingerprint density at radius 1 is 1.00 bits per heavy atom. The van der Waals surface area contributed by atoms with Gasteiger partial charge >= 0.3 is 0 Å². The number of ketones is 1. The first kappa shape index (κ1) is 17.7. The summed E-state index contributed by atoms with van der Waals surface area (Å²) in [6, 6.07) is 12.7. The van der Waals surface area contributed by atoms with E-state index in [1.54, 1.807) is 42.5 Å². The fourth-order valence-electron chi connectivity index (χ4n) is 2.34. The average molecular weight is 394 g/mol. The van der Waals surface area contributed by atoms with Crippen LogP contribution in [0.2, 0.25) is 15.1 Å². The monoisotopic (exact) mass is 392 g/mol. The van der Waals surface area contributed by atoms with Crippen molar-refractivity contribution in [2.45, 2.75) is 6.54 Å². The Hall–Kier alpha value is -2.14. The van der Waals surface area contributed by atoms with Crippen molar-refractivity contribution >= 4 is 40.6 Å². The summed E-state index contributed by atoms with van der Waals surface area (Å²) in [4.78, 5) is 24.6. The summed E-state index contributed by atoms with van der Waals surface area (Å²) >= 11 is 18.5. The maximum atomic E-state index is 12.8. The molecule has 0 N–H and O–H groups in total. The van der Waals surface area contributed by atoms with Gasteiger partial charge in [0.15, 0.2) is 5.78 Å². The van der Waals surface area contributed by atoms with Crippen LogP contribution in [0.25, 0.3) is 0 Å². The van der Waals surface area contributed by atoms with E-state index < -0.39 is 0 Å². The Balaban J connectivity index is 2.03. The SMILES string of the molecule is O=C(c1ccc(Cl)cc1)c1c(Cl)ccc(Cn2ncccc2=O)c1Cl. The Bertz CT molecular complexity index is 998. The van der Waals surface area contributed by atoms with Crippen LogP contribution in [0.3, 0.4) is 0 Å². The minimum Gasteiger partial charge on any atom is -0.288 e. The molecule has 7 heteroatoms. The highest BCUT2D eigenvalue weighted by Gasteiger charge is 2.19. The minimum atomic E-state index is -0.318. The van der Waals surface area contributed by atoms with E-state index >= 15 is 0 Å². The number of rotatable bonds is 4. The molecule has 0 amide bonds. The zero-order valence-electron chi connectivity index (χ0n) is 12.7. The minimum absolute atomic E-state index is 0.135. The predicted octanol–water partition coefficient (Wildman–Crippen LogP) is 4.48. The third kappa shape index (κ3) is 3.76. The lowest BCUT2D eigenvalue weighted by atomic mass is 10.0. The van der Waals surface area contributed by atoms with Crippen molar-refractivity contribution in [1.29, 1.82) is 0 Å². The summed E-state index contributed by atoms with van der Waals surface area (Å²) in [6.07, 6.45) is 1.50. The molecule has 1 heterocycles. The molecule has 1 aromatic heterocycles. The van der Waals surface area contributed by atoms with Crippen LogP contribution >= 0.6 is 34.8 Å². The smallest absolute Gasteiger partial charge is 0.267 e. The van der Waals surface area contributed by atoms with Crippen LogP contribution < -0.4 is 5.56 Å². The van der Waals surface area contributed by atoms with E-state index in [1.165, 1.54) is 16.9 Å². The van der Waals surface area contributed by atoms with Gasteiger partial charge in [0, 0.05) is 22.8 Å². The fourth-order valence-corrected chi connectivity index (χ4v) is 3.07. The molecule has 126 valence electrons. The largest absolute Gasteiger partial charge is 0.288 e. The molecule has 0 aliphatic heterocycles. The van der Waals surface area contributed by atoms with Crippen LogP contribution in [0.5, 0.6) is 0 Å². The van der Waals surface area contributed by atoms with Crippen LogP contribution in [-0.2, 0) is 6.54 Å². The summed E-state index contributed by atoms with van der Waals surface area (Å²) in [5.74, 6) is -0.318. The lowest BCUT2D eigenvalue weighted by molar-refractivity contribution is 0.103. The summed E-state index contributed by atoms with van der Waals surface area (Å²) < 4.78 is 1.26. The van der Waals surface area contributed by atoms with Crippen LogP contribution in [0.4, 0.5) is 0 Å². The summed E-state index contributed by atoms with van der Waals surface area (Å²) in [7, 11) is 0. The van der Waals surface area contributed by atoms with Gasteiger partial charge in [0.05, 0.1) is 22.2 Å². The summed E-state index contributed by atoms with van der Waals surface area (Å²) in [5.41, 5.74) is 0.913. The number of benzene rings is 2. The molecule has 0 bridgehead atoms. The van der Waals surface area contributed by atoms with E-state index in [1.807, 2.05) is 0 Å². The average Bonchev–Trinajstić information content (AvgIpc) is 2.60. The molecule has 0 spiro atoms. The molecule has 0 atom stereocenters. The van der Waals surface area contributed by atoms with E-state index in [-0.39, 0.29) is 33.5 Å². The van der Waals surface area contributed by atoms with Gasteiger partial charge in [0.2, 0.25) is 0 Å². The molecular weight excluding hydrogens is 383 g/mol. The highest BCUT2D eigenvalue weighted by atomic mass is 35.5. The van der Waals surface area contributed by atoms with Gasteiger partial charge in [-0.2, -0.15) is 5.10 Å². The van der Waals surface area contributed by atoms with Crippen LogP contribution in [0, 0.1) is 0 Å². The first-order chi connectivity index (χ1) is 12.0. The second-order valence-corrected chi connectivity index (χ2v) is 6.47. The molecule has 0 aliphatic rings. The number of carbonyl (C=O) groups is 1. The molecule has 3 aromatic rings. The molecule has 0 unspecified atom stereocenters. The Morgan fingerprint density at radius 3 is 2.40 bits per heavy atom. The Labute approximate surface area is 158 Å². The van der Waals surface area contributed by atoms with Crippen molar-refractivity contribution in [3.05, 3.63) is 96.8 Å². The molecule has 0 saturated carbocycles. The van der Waals surface area contributed by atoms with Gasteiger partial charge in [-0.3, -0.25) is 9.59 Å². The summed E-state index contributed by atoms with van der Waals surface area (Å²) in [5, 5.41) is 4.95. The number of aromatic nitrogens is 2. The van der Waals surface area contributed by atoms with Crippen molar-refractivity contribution in [1.82, 2.24) is 9.78 Å². The van der Waals surface area contributed by atoms with Gasteiger partial charge in [-0.1, -0.05) is 40.9 Å². The normalized spacial score (nSPS) is 10.7. The van der Waals surface area contributed by atoms with Gasteiger partial charge in [-0.05, 0) is 42.0 Å². The van der Waals surface area contributed by atoms with Gasteiger partial charge in [0.1, 0.15) is 0 Å². The molecule has 0 saturated heterocycles. The van der Waals surface area contributed by atoms with Gasteiger partial charge < -0.3 is 0 Å². The highest BCUT2D eigenvalue weighted by molar-refractivity contribution is 6.41. The summed E-state index contributed by atoms with van der Waals surface area (Å²) in [6.45, 7) is 0.135. The van der Waals surface area contributed by atoms with E-state index in [9.17, 15) is 9.59 Å². The fraction of sp³-hybridized carbons (Fsp3) is 0.0556. The number of nitrogens with zero attached hydrogens (tertiary/aromatic N) is 2. The van der Waals surface area contributed by atoms with Crippen molar-refractivity contribution in [2.75, 3.05) is 0 Å².